The molecule has 1 saturated heterocycles. The van der Waals surface area contributed by atoms with E-state index >= 15 is 0 Å². The summed E-state index contributed by atoms with van der Waals surface area (Å²) in [5.41, 5.74) is 0.773. The lowest BCUT2D eigenvalue weighted by Gasteiger charge is -2.40. The lowest BCUT2D eigenvalue weighted by atomic mass is 9.78. The van der Waals surface area contributed by atoms with Gasteiger partial charge in [0.1, 0.15) is 6.54 Å². The summed E-state index contributed by atoms with van der Waals surface area (Å²) in [4.78, 5) is 20.5. The van der Waals surface area contributed by atoms with E-state index < -0.39 is 0 Å². The summed E-state index contributed by atoms with van der Waals surface area (Å²) >= 11 is 0. The topological polar surface area (TPSA) is 87.6 Å². The molecule has 1 aliphatic rings. The summed E-state index contributed by atoms with van der Waals surface area (Å²) in [5, 5.41) is 9.37. The molecule has 0 bridgehead atoms. The van der Waals surface area contributed by atoms with Gasteiger partial charge in [-0.1, -0.05) is 20.8 Å². The standard InChI is InChI=1S/C20H33N5O2/c1-5-22-19(24-14-17(26)25-16-9-6-10-21-13-16)23-12-15-8-7-11-27-18(15)20(2,3)4/h6,9-10,13,15,18H,5,7-8,11-12,14H2,1-4H3,(H,25,26)(H2,22,23,24). The summed E-state index contributed by atoms with van der Waals surface area (Å²) in [5.74, 6) is 0.901. The monoisotopic (exact) mass is 375 g/mol. The molecule has 150 valence electrons. The maximum atomic E-state index is 12.1. The van der Waals surface area contributed by atoms with Crippen molar-refractivity contribution in [3.8, 4) is 0 Å². The van der Waals surface area contributed by atoms with E-state index in [0.29, 0.717) is 17.6 Å². The molecule has 2 unspecified atom stereocenters. The number of guanidine groups is 1. The number of amides is 1. The third-order valence-corrected chi connectivity index (χ3v) is 4.50. The van der Waals surface area contributed by atoms with Crippen LogP contribution in [0.15, 0.2) is 29.5 Å². The average Bonchev–Trinajstić information content (AvgIpc) is 2.64. The molecule has 0 aromatic carbocycles. The molecule has 27 heavy (non-hydrogen) atoms. The van der Waals surface area contributed by atoms with Crippen molar-refractivity contribution in [2.45, 2.75) is 46.6 Å². The summed E-state index contributed by atoms with van der Waals surface area (Å²) in [7, 11) is 0. The number of aromatic nitrogens is 1. The summed E-state index contributed by atoms with van der Waals surface area (Å²) in [6.45, 7) is 11.1. The van der Waals surface area contributed by atoms with Crippen LogP contribution in [0.5, 0.6) is 0 Å². The van der Waals surface area contributed by atoms with E-state index in [4.69, 9.17) is 4.74 Å². The second-order valence-corrected chi connectivity index (χ2v) is 7.93. The van der Waals surface area contributed by atoms with Crippen molar-refractivity contribution in [3.63, 3.8) is 0 Å². The highest BCUT2D eigenvalue weighted by Crippen LogP contribution is 2.33. The smallest absolute Gasteiger partial charge is 0.246 e. The van der Waals surface area contributed by atoms with E-state index in [1.165, 1.54) is 0 Å². The van der Waals surface area contributed by atoms with E-state index in [9.17, 15) is 4.79 Å². The Hall–Kier alpha value is -2.15. The van der Waals surface area contributed by atoms with Gasteiger partial charge in [0.25, 0.3) is 0 Å². The largest absolute Gasteiger partial charge is 0.377 e. The van der Waals surface area contributed by atoms with E-state index in [-0.39, 0.29) is 24.0 Å². The number of nitrogens with one attached hydrogen (secondary N) is 3. The first-order valence-electron chi connectivity index (χ1n) is 9.74. The second-order valence-electron chi connectivity index (χ2n) is 7.93. The predicted octanol–water partition coefficient (Wildman–Crippen LogP) is 2.42. The van der Waals surface area contributed by atoms with Gasteiger partial charge in [-0.25, -0.2) is 4.99 Å². The van der Waals surface area contributed by atoms with Gasteiger partial charge in [0.05, 0.1) is 18.0 Å². The van der Waals surface area contributed by atoms with Gasteiger partial charge in [0, 0.05) is 31.8 Å². The van der Waals surface area contributed by atoms with Crippen LogP contribution in [-0.2, 0) is 9.53 Å². The zero-order chi connectivity index (χ0) is 19.7. The molecule has 2 rings (SSSR count). The second kappa shape index (κ2) is 10.3. The third kappa shape index (κ3) is 7.17. The molecule has 1 aromatic heterocycles. The van der Waals surface area contributed by atoms with Crippen LogP contribution in [0.25, 0.3) is 0 Å². The molecule has 0 saturated carbocycles. The van der Waals surface area contributed by atoms with E-state index in [2.05, 4.69) is 46.7 Å². The molecule has 2 atom stereocenters. The number of hydrogen-bond donors (Lipinski definition) is 3. The minimum atomic E-state index is -0.172. The van der Waals surface area contributed by atoms with Crippen molar-refractivity contribution < 1.29 is 9.53 Å². The molecule has 2 heterocycles. The molecule has 0 radical (unpaired) electrons. The molecule has 0 aliphatic carbocycles. The Kier molecular flexibility index (Phi) is 8.03. The van der Waals surface area contributed by atoms with Gasteiger partial charge in [0.15, 0.2) is 5.96 Å². The van der Waals surface area contributed by atoms with Crippen molar-refractivity contribution >= 4 is 17.6 Å². The van der Waals surface area contributed by atoms with Crippen LogP contribution in [0.4, 0.5) is 5.69 Å². The molecular weight excluding hydrogens is 342 g/mol. The first-order valence-corrected chi connectivity index (χ1v) is 9.74. The fourth-order valence-corrected chi connectivity index (χ4v) is 3.37. The number of rotatable bonds is 6. The van der Waals surface area contributed by atoms with Crippen LogP contribution in [0.3, 0.4) is 0 Å². The number of ether oxygens (including phenoxy) is 1. The Morgan fingerprint density at radius 3 is 2.85 bits per heavy atom. The Labute approximate surface area is 162 Å². The number of anilines is 1. The minimum absolute atomic E-state index is 0.0497. The molecule has 1 fully saturated rings. The van der Waals surface area contributed by atoms with E-state index in [0.717, 1.165) is 32.5 Å². The number of carbonyl (C=O) groups excluding carboxylic acids is 1. The van der Waals surface area contributed by atoms with Crippen LogP contribution < -0.4 is 16.0 Å². The van der Waals surface area contributed by atoms with Crippen LogP contribution in [0.1, 0.15) is 40.5 Å². The maximum Gasteiger partial charge on any atom is 0.246 e. The number of nitrogens with zero attached hydrogens (tertiary/aromatic N) is 2. The summed E-state index contributed by atoms with van der Waals surface area (Å²) in [6.07, 6.45) is 5.72. The molecule has 1 amide bonds. The van der Waals surface area contributed by atoms with Crippen molar-refractivity contribution in [1.82, 2.24) is 15.6 Å². The molecular formula is C20H33N5O2. The molecule has 7 heteroatoms. The fraction of sp³-hybridized carbons (Fsp3) is 0.650. The first kappa shape index (κ1) is 21.2. The van der Waals surface area contributed by atoms with Gasteiger partial charge in [-0.2, -0.15) is 0 Å². The van der Waals surface area contributed by atoms with Crippen LogP contribution in [-0.4, -0.2) is 49.2 Å². The van der Waals surface area contributed by atoms with Crippen LogP contribution >= 0.6 is 0 Å². The Balaban J connectivity index is 1.89. The Morgan fingerprint density at radius 1 is 1.37 bits per heavy atom. The van der Waals surface area contributed by atoms with Crippen LogP contribution in [0, 0.1) is 11.3 Å². The van der Waals surface area contributed by atoms with Crippen molar-refractivity contribution in [2.75, 3.05) is 31.6 Å². The number of carbonyl (C=O) groups is 1. The SMILES string of the molecule is CCNC(=NCC(=O)Nc1cccnc1)NCC1CCCOC1C(C)(C)C. The quantitative estimate of drug-likeness (QED) is 0.525. The summed E-state index contributed by atoms with van der Waals surface area (Å²) < 4.78 is 6.04. The van der Waals surface area contributed by atoms with Gasteiger partial charge in [-0.15, -0.1) is 0 Å². The van der Waals surface area contributed by atoms with Gasteiger partial charge >= 0.3 is 0 Å². The number of hydrogen-bond acceptors (Lipinski definition) is 4. The predicted molar refractivity (Wildman–Crippen MR) is 109 cm³/mol. The normalized spacial score (nSPS) is 20.8. The third-order valence-electron chi connectivity index (χ3n) is 4.50. The highest BCUT2D eigenvalue weighted by molar-refractivity contribution is 5.93. The number of aliphatic imine (C=N–C) groups is 1. The fourth-order valence-electron chi connectivity index (χ4n) is 3.37. The maximum absolute atomic E-state index is 12.1. The molecule has 7 nitrogen and oxygen atoms in total. The van der Waals surface area contributed by atoms with Crippen molar-refractivity contribution in [2.24, 2.45) is 16.3 Å². The van der Waals surface area contributed by atoms with Gasteiger partial charge in [-0.05, 0) is 37.3 Å². The highest BCUT2D eigenvalue weighted by Gasteiger charge is 2.35. The van der Waals surface area contributed by atoms with Crippen molar-refractivity contribution in [3.05, 3.63) is 24.5 Å². The Morgan fingerprint density at radius 2 is 2.19 bits per heavy atom. The zero-order valence-electron chi connectivity index (χ0n) is 16.9. The van der Waals surface area contributed by atoms with Gasteiger partial charge in [0.2, 0.25) is 5.91 Å². The zero-order valence-corrected chi connectivity index (χ0v) is 16.9. The highest BCUT2D eigenvalue weighted by atomic mass is 16.5. The van der Waals surface area contributed by atoms with Crippen LogP contribution in [0.2, 0.25) is 0 Å². The lowest BCUT2D eigenvalue weighted by Crippen LogP contribution is -2.47. The molecule has 1 aliphatic heterocycles. The van der Waals surface area contributed by atoms with E-state index in [1.54, 1.807) is 24.5 Å². The average molecular weight is 376 g/mol. The first-order chi connectivity index (χ1) is 12.9. The molecule has 3 N–H and O–H groups in total. The molecule has 0 spiro atoms. The number of pyridine rings is 1. The van der Waals surface area contributed by atoms with E-state index in [1.807, 2.05) is 6.92 Å². The van der Waals surface area contributed by atoms with Crippen molar-refractivity contribution in [1.29, 1.82) is 0 Å². The Bertz CT molecular complexity index is 613. The van der Waals surface area contributed by atoms with Gasteiger partial charge in [-0.3, -0.25) is 9.78 Å². The minimum Gasteiger partial charge on any atom is -0.377 e. The van der Waals surface area contributed by atoms with Gasteiger partial charge < -0.3 is 20.7 Å². The lowest BCUT2D eigenvalue weighted by molar-refractivity contribution is -0.114. The molecule has 1 aromatic rings. The summed E-state index contributed by atoms with van der Waals surface area (Å²) in [6, 6.07) is 3.58.